The molecule has 12 heavy (non-hydrogen) atoms. The van der Waals surface area contributed by atoms with Crippen LogP contribution >= 0.6 is 0 Å². The third-order valence-electron chi connectivity index (χ3n) is 1.54. The smallest absolute Gasteiger partial charge is 0.234 e. The van der Waals surface area contributed by atoms with Crippen molar-refractivity contribution >= 4 is 5.91 Å². The first-order chi connectivity index (χ1) is 5.70. The van der Waals surface area contributed by atoms with Crippen LogP contribution < -0.4 is 10.6 Å². The monoisotopic (exact) mass is 174 g/mol. The number of hydrogen-bond donors (Lipinski definition) is 3. The van der Waals surface area contributed by atoms with Gasteiger partial charge in [-0.1, -0.05) is 0 Å². The molecule has 4 heteroatoms. The van der Waals surface area contributed by atoms with Gasteiger partial charge in [0.05, 0.1) is 6.54 Å². The third-order valence-corrected chi connectivity index (χ3v) is 1.54. The van der Waals surface area contributed by atoms with Crippen molar-refractivity contribution in [1.29, 1.82) is 0 Å². The average Bonchev–Trinajstić information content (AvgIpc) is 2.01. The Hall–Kier alpha value is -0.610. The summed E-state index contributed by atoms with van der Waals surface area (Å²) >= 11 is 0. The molecule has 3 N–H and O–H groups in total. The van der Waals surface area contributed by atoms with Crippen molar-refractivity contribution in [2.24, 2.45) is 0 Å². The maximum atomic E-state index is 11.0. The number of hydrogen-bond acceptors (Lipinski definition) is 3. The van der Waals surface area contributed by atoms with Crippen LogP contribution in [0.5, 0.6) is 0 Å². The lowest BCUT2D eigenvalue weighted by Crippen LogP contribution is -2.38. The van der Waals surface area contributed by atoms with E-state index in [2.05, 4.69) is 10.6 Å². The summed E-state index contributed by atoms with van der Waals surface area (Å²) in [6.45, 7) is 2.47. The fraction of sp³-hybridized carbons (Fsp3) is 0.875. The Balaban J connectivity index is 3.40. The van der Waals surface area contributed by atoms with E-state index in [0.29, 0.717) is 6.54 Å². The lowest BCUT2D eigenvalue weighted by atomic mass is 10.2. The van der Waals surface area contributed by atoms with E-state index in [4.69, 9.17) is 5.11 Å². The van der Waals surface area contributed by atoms with E-state index in [0.717, 1.165) is 12.8 Å². The molecule has 0 aromatic rings. The SMILES string of the molecule is CNCC(=O)NC(C)CCCO. The third kappa shape index (κ3) is 6.12. The molecule has 0 spiro atoms. The van der Waals surface area contributed by atoms with Crippen LogP contribution in [0.25, 0.3) is 0 Å². The fourth-order valence-corrected chi connectivity index (χ4v) is 0.956. The summed E-state index contributed by atoms with van der Waals surface area (Å²) in [4.78, 5) is 11.0. The zero-order valence-corrected chi connectivity index (χ0v) is 7.76. The molecule has 0 rings (SSSR count). The highest BCUT2D eigenvalue weighted by atomic mass is 16.2. The van der Waals surface area contributed by atoms with Crippen LogP contribution in [-0.4, -0.2) is 37.3 Å². The zero-order valence-electron chi connectivity index (χ0n) is 7.76. The first-order valence-electron chi connectivity index (χ1n) is 4.25. The zero-order chi connectivity index (χ0) is 9.40. The second-order valence-corrected chi connectivity index (χ2v) is 2.86. The van der Waals surface area contributed by atoms with Crippen molar-refractivity contribution in [1.82, 2.24) is 10.6 Å². The molecule has 1 atom stereocenters. The Kier molecular flexibility index (Phi) is 6.70. The number of aliphatic hydroxyl groups excluding tert-OH is 1. The lowest BCUT2D eigenvalue weighted by molar-refractivity contribution is -0.120. The molecule has 0 heterocycles. The van der Waals surface area contributed by atoms with E-state index < -0.39 is 0 Å². The molecule has 0 aliphatic rings. The van der Waals surface area contributed by atoms with E-state index in [-0.39, 0.29) is 18.6 Å². The van der Waals surface area contributed by atoms with Crippen molar-refractivity contribution in [3.8, 4) is 0 Å². The number of carbonyl (C=O) groups excluding carboxylic acids is 1. The summed E-state index contributed by atoms with van der Waals surface area (Å²) in [7, 11) is 1.73. The van der Waals surface area contributed by atoms with Gasteiger partial charge in [-0.2, -0.15) is 0 Å². The maximum absolute atomic E-state index is 11.0. The molecular weight excluding hydrogens is 156 g/mol. The Labute approximate surface area is 73.3 Å². The summed E-state index contributed by atoms with van der Waals surface area (Å²) in [5, 5.41) is 14.1. The molecule has 72 valence electrons. The van der Waals surface area contributed by atoms with Gasteiger partial charge in [0.2, 0.25) is 5.91 Å². The minimum Gasteiger partial charge on any atom is -0.396 e. The summed E-state index contributed by atoms with van der Waals surface area (Å²) < 4.78 is 0. The number of aliphatic hydroxyl groups is 1. The number of amides is 1. The van der Waals surface area contributed by atoms with Gasteiger partial charge in [-0.05, 0) is 26.8 Å². The first-order valence-corrected chi connectivity index (χ1v) is 4.25. The summed E-state index contributed by atoms with van der Waals surface area (Å²) in [5.74, 6) is 0.00272. The highest BCUT2D eigenvalue weighted by molar-refractivity contribution is 5.78. The Morgan fingerprint density at radius 1 is 1.58 bits per heavy atom. The molecule has 0 aromatic heterocycles. The van der Waals surface area contributed by atoms with Crippen molar-refractivity contribution < 1.29 is 9.90 Å². The lowest BCUT2D eigenvalue weighted by Gasteiger charge is -2.12. The van der Waals surface area contributed by atoms with Crippen molar-refractivity contribution in [3.63, 3.8) is 0 Å². The predicted molar refractivity (Wildman–Crippen MR) is 47.9 cm³/mol. The number of likely N-dealkylation sites (N-methyl/N-ethyl adjacent to an activating group) is 1. The van der Waals surface area contributed by atoms with Crippen molar-refractivity contribution in [3.05, 3.63) is 0 Å². The van der Waals surface area contributed by atoms with Crippen molar-refractivity contribution in [2.45, 2.75) is 25.8 Å². The number of rotatable bonds is 6. The average molecular weight is 174 g/mol. The Morgan fingerprint density at radius 3 is 2.75 bits per heavy atom. The summed E-state index contributed by atoms with van der Waals surface area (Å²) in [6.07, 6.45) is 1.56. The topological polar surface area (TPSA) is 61.4 Å². The van der Waals surface area contributed by atoms with Gasteiger partial charge in [-0.15, -0.1) is 0 Å². The minimum atomic E-state index is 0.00272. The van der Waals surface area contributed by atoms with Crippen LogP contribution in [0.4, 0.5) is 0 Å². The van der Waals surface area contributed by atoms with Crippen LogP contribution in [-0.2, 0) is 4.79 Å². The van der Waals surface area contributed by atoms with Crippen LogP contribution in [0, 0.1) is 0 Å². The van der Waals surface area contributed by atoms with Crippen LogP contribution in [0.15, 0.2) is 0 Å². The van der Waals surface area contributed by atoms with Gasteiger partial charge in [0.15, 0.2) is 0 Å². The molecule has 1 amide bonds. The number of nitrogens with one attached hydrogen (secondary N) is 2. The van der Waals surface area contributed by atoms with Crippen molar-refractivity contribution in [2.75, 3.05) is 20.2 Å². The normalized spacial score (nSPS) is 12.6. The van der Waals surface area contributed by atoms with E-state index in [9.17, 15) is 4.79 Å². The van der Waals surface area contributed by atoms with Gasteiger partial charge in [0, 0.05) is 12.6 Å². The van der Waals surface area contributed by atoms with Gasteiger partial charge in [-0.25, -0.2) is 0 Å². The molecule has 0 saturated carbocycles. The molecule has 0 fully saturated rings. The first kappa shape index (κ1) is 11.4. The highest BCUT2D eigenvalue weighted by Gasteiger charge is 2.04. The maximum Gasteiger partial charge on any atom is 0.234 e. The Bertz CT molecular complexity index is 128. The highest BCUT2D eigenvalue weighted by Crippen LogP contribution is 1.94. The van der Waals surface area contributed by atoms with E-state index in [1.807, 2.05) is 6.92 Å². The van der Waals surface area contributed by atoms with Crippen LogP contribution in [0.1, 0.15) is 19.8 Å². The second kappa shape index (κ2) is 7.06. The fourth-order valence-electron chi connectivity index (χ4n) is 0.956. The second-order valence-electron chi connectivity index (χ2n) is 2.86. The Morgan fingerprint density at radius 2 is 2.25 bits per heavy atom. The number of carbonyl (C=O) groups is 1. The molecule has 0 aliphatic heterocycles. The predicted octanol–water partition coefficient (Wildman–Crippen LogP) is -0.517. The van der Waals surface area contributed by atoms with E-state index in [1.54, 1.807) is 7.05 Å². The van der Waals surface area contributed by atoms with E-state index >= 15 is 0 Å². The van der Waals surface area contributed by atoms with Gasteiger partial charge >= 0.3 is 0 Å². The molecule has 0 aliphatic carbocycles. The largest absolute Gasteiger partial charge is 0.396 e. The van der Waals surface area contributed by atoms with Gasteiger partial charge in [0.1, 0.15) is 0 Å². The van der Waals surface area contributed by atoms with Crippen LogP contribution in [0.2, 0.25) is 0 Å². The molecule has 0 radical (unpaired) electrons. The van der Waals surface area contributed by atoms with E-state index in [1.165, 1.54) is 0 Å². The molecule has 0 saturated heterocycles. The molecule has 4 nitrogen and oxygen atoms in total. The summed E-state index contributed by atoms with van der Waals surface area (Å²) in [6, 6.07) is 0.151. The summed E-state index contributed by atoms with van der Waals surface area (Å²) in [5.41, 5.74) is 0. The molecule has 0 aromatic carbocycles. The van der Waals surface area contributed by atoms with Gasteiger partial charge in [-0.3, -0.25) is 4.79 Å². The molecule has 0 bridgehead atoms. The van der Waals surface area contributed by atoms with Gasteiger partial charge < -0.3 is 15.7 Å². The molecular formula is C8H18N2O2. The minimum absolute atomic E-state index is 0.00272. The quantitative estimate of drug-likeness (QED) is 0.508. The van der Waals surface area contributed by atoms with Crippen LogP contribution in [0.3, 0.4) is 0 Å². The standard InChI is InChI=1S/C8H18N2O2/c1-7(4-3-5-11)10-8(12)6-9-2/h7,9,11H,3-6H2,1-2H3,(H,10,12). The molecule has 1 unspecified atom stereocenters. The van der Waals surface area contributed by atoms with Gasteiger partial charge in [0.25, 0.3) is 0 Å².